The molecule has 0 saturated carbocycles. The highest BCUT2D eigenvalue weighted by atomic mass is 19.4. The van der Waals surface area contributed by atoms with E-state index in [0.29, 0.717) is 26.2 Å². The zero-order valence-electron chi connectivity index (χ0n) is 11.0. The van der Waals surface area contributed by atoms with Gasteiger partial charge in [0.1, 0.15) is 0 Å². The minimum absolute atomic E-state index is 0.0131. The second kappa shape index (κ2) is 6.41. The Morgan fingerprint density at radius 3 is 2.00 bits per heavy atom. The van der Waals surface area contributed by atoms with Crippen LogP contribution >= 0.6 is 0 Å². The van der Waals surface area contributed by atoms with E-state index in [1.165, 1.54) is 4.90 Å². The lowest BCUT2D eigenvalue weighted by Gasteiger charge is -2.36. The molecule has 18 heavy (non-hydrogen) atoms. The summed E-state index contributed by atoms with van der Waals surface area (Å²) in [6, 6.07) is 0. The van der Waals surface area contributed by atoms with Crippen LogP contribution in [0.4, 0.5) is 13.2 Å². The normalized spacial score (nSPS) is 18.4. The standard InChI is InChI=1S/C12H21F3N2O/c1-3-10(4-2)11(18)17-7-5-16(6-8-17)9-12(13,14)15/h10H,3-9H2,1-2H3. The highest BCUT2D eigenvalue weighted by Crippen LogP contribution is 2.19. The molecule has 1 aliphatic rings. The molecule has 1 rings (SSSR count). The van der Waals surface area contributed by atoms with E-state index in [9.17, 15) is 18.0 Å². The van der Waals surface area contributed by atoms with E-state index in [1.54, 1.807) is 4.90 Å². The summed E-state index contributed by atoms with van der Waals surface area (Å²) in [6.07, 6.45) is -2.57. The van der Waals surface area contributed by atoms with Crippen LogP contribution in [0.3, 0.4) is 0 Å². The van der Waals surface area contributed by atoms with E-state index in [4.69, 9.17) is 0 Å². The third-order valence-electron chi connectivity index (χ3n) is 3.42. The molecule has 0 unspecified atom stereocenters. The van der Waals surface area contributed by atoms with Gasteiger partial charge in [0.25, 0.3) is 0 Å². The fraction of sp³-hybridized carbons (Fsp3) is 0.917. The molecular weight excluding hydrogens is 245 g/mol. The van der Waals surface area contributed by atoms with Crippen molar-refractivity contribution in [2.45, 2.75) is 32.9 Å². The Balaban J connectivity index is 2.41. The second-order valence-corrected chi connectivity index (χ2v) is 4.73. The van der Waals surface area contributed by atoms with Crippen molar-refractivity contribution in [1.29, 1.82) is 0 Å². The number of alkyl halides is 3. The molecule has 0 spiro atoms. The summed E-state index contributed by atoms with van der Waals surface area (Å²) in [5, 5.41) is 0. The summed E-state index contributed by atoms with van der Waals surface area (Å²) >= 11 is 0. The molecule has 106 valence electrons. The number of halogens is 3. The molecule has 0 radical (unpaired) electrons. The number of rotatable bonds is 4. The Bertz CT molecular complexity index is 269. The van der Waals surface area contributed by atoms with E-state index >= 15 is 0 Å². The molecule has 6 heteroatoms. The van der Waals surface area contributed by atoms with Gasteiger partial charge in [0.2, 0.25) is 5.91 Å². The first kappa shape index (κ1) is 15.3. The van der Waals surface area contributed by atoms with E-state index in [0.717, 1.165) is 12.8 Å². The largest absolute Gasteiger partial charge is 0.401 e. The quantitative estimate of drug-likeness (QED) is 0.778. The van der Waals surface area contributed by atoms with Gasteiger partial charge in [-0.1, -0.05) is 13.8 Å². The lowest BCUT2D eigenvalue weighted by molar-refractivity contribution is -0.152. The Hall–Kier alpha value is -0.780. The summed E-state index contributed by atoms with van der Waals surface area (Å²) in [4.78, 5) is 15.1. The highest BCUT2D eigenvalue weighted by molar-refractivity contribution is 5.78. The zero-order valence-corrected chi connectivity index (χ0v) is 11.0. The monoisotopic (exact) mass is 266 g/mol. The Kier molecular flexibility index (Phi) is 5.44. The molecule has 1 heterocycles. The average Bonchev–Trinajstić information content (AvgIpc) is 2.29. The molecule has 0 aromatic carbocycles. The van der Waals surface area contributed by atoms with Crippen molar-refractivity contribution in [3.05, 3.63) is 0 Å². The first-order valence-electron chi connectivity index (χ1n) is 6.45. The Morgan fingerprint density at radius 2 is 1.61 bits per heavy atom. The number of amides is 1. The van der Waals surface area contributed by atoms with Crippen molar-refractivity contribution < 1.29 is 18.0 Å². The number of piperazine rings is 1. The summed E-state index contributed by atoms with van der Waals surface area (Å²) in [5.41, 5.74) is 0. The van der Waals surface area contributed by atoms with Gasteiger partial charge in [0.15, 0.2) is 0 Å². The lowest BCUT2D eigenvalue weighted by atomic mass is 10.0. The molecule has 1 fully saturated rings. The molecule has 0 aromatic heterocycles. The van der Waals surface area contributed by atoms with Gasteiger partial charge in [0.05, 0.1) is 6.54 Å². The summed E-state index contributed by atoms with van der Waals surface area (Å²) in [5.74, 6) is 0.103. The SMILES string of the molecule is CCC(CC)C(=O)N1CCN(CC(F)(F)F)CC1. The summed E-state index contributed by atoms with van der Waals surface area (Å²) in [7, 11) is 0. The van der Waals surface area contributed by atoms with Gasteiger partial charge in [-0.3, -0.25) is 9.69 Å². The van der Waals surface area contributed by atoms with Crippen molar-refractivity contribution in [1.82, 2.24) is 9.80 Å². The minimum atomic E-state index is -4.15. The third-order valence-corrected chi connectivity index (χ3v) is 3.42. The van der Waals surface area contributed by atoms with E-state index in [-0.39, 0.29) is 11.8 Å². The van der Waals surface area contributed by atoms with Crippen LogP contribution in [0.2, 0.25) is 0 Å². The average molecular weight is 266 g/mol. The fourth-order valence-electron chi connectivity index (χ4n) is 2.28. The minimum Gasteiger partial charge on any atom is -0.340 e. The van der Waals surface area contributed by atoms with Crippen LogP contribution in [0.5, 0.6) is 0 Å². The second-order valence-electron chi connectivity index (χ2n) is 4.73. The zero-order chi connectivity index (χ0) is 13.8. The molecule has 0 atom stereocenters. The predicted octanol–water partition coefficient (Wildman–Crippen LogP) is 2.13. The van der Waals surface area contributed by atoms with Crippen LogP contribution in [-0.2, 0) is 4.79 Å². The smallest absolute Gasteiger partial charge is 0.340 e. The van der Waals surface area contributed by atoms with Crippen molar-refractivity contribution in [3.63, 3.8) is 0 Å². The van der Waals surface area contributed by atoms with Gasteiger partial charge in [-0.05, 0) is 12.8 Å². The van der Waals surface area contributed by atoms with Crippen LogP contribution in [0.25, 0.3) is 0 Å². The highest BCUT2D eigenvalue weighted by Gasteiger charge is 2.33. The molecule has 0 aromatic rings. The van der Waals surface area contributed by atoms with Crippen LogP contribution in [-0.4, -0.2) is 54.6 Å². The number of hydrogen-bond donors (Lipinski definition) is 0. The topological polar surface area (TPSA) is 23.6 Å². The molecule has 0 bridgehead atoms. The first-order valence-corrected chi connectivity index (χ1v) is 6.45. The van der Waals surface area contributed by atoms with Crippen LogP contribution in [0.15, 0.2) is 0 Å². The summed E-state index contributed by atoms with van der Waals surface area (Å²) < 4.78 is 36.6. The van der Waals surface area contributed by atoms with Gasteiger partial charge < -0.3 is 4.90 Å². The van der Waals surface area contributed by atoms with Crippen molar-refractivity contribution in [3.8, 4) is 0 Å². The molecule has 3 nitrogen and oxygen atoms in total. The fourth-order valence-corrected chi connectivity index (χ4v) is 2.28. The number of carbonyl (C=O) groups is 1. The van der Waals surface area contributed by atoms with Crippen molar-refractivity contribution in [2.24, 2.45) is 5.92 Å². The van der Waals surface area contributed by atoms with Crippen molar-refractivity contribution in [2.75, 3.05) is 32.7 Å². The first-order chi connectivity index (χ1) is 8.37. The van der Waals surface area contributed by atoms with Gasteiger partial charge in [-0.25, -0.2) is 0 Å². The summed E-state index contributed by atoms with van der Waals surface area (Å²) in [6.45, 7) is 4.49. The molecular formula is C12H21F3N2O. The number of nitrogens with zero attached hydrogens (tertiary/aromatic N) is 2. The van der Waals surface area contributed by atoms with E-state index in [2.05, 4.69) is 0 Å². The Morgan fingerprint density at radius 1 is 1.11 bits per heavy atom. The van der Waals surface area contributed by atoms with Crippen LogP contribution < -0.4 is 0 Å². The number of carbonyl (C=O) groups excluding carboxylic acids is 1. The van der Waals surface area contributed by atoms with Crippen molar-refractivity contribution >= 4 is 5.91 Å². The predicted molar refractivity (Wildman–Crippen MR) is 63.1 cm³/mol. The van der Waals surface area contributed by atoms with Gasteiger partial charge in [0, 0.05) is 32.1 Å². The maximum absolute atomic E-state index is 12.2. The molecule has 1 aliphatic heterocycles. The van der Waals surface area contributed by atoms with E-state index in [1.807, 2.05) is 13.8 Å². The molecule has 0 N–H and O–H groups in total. The Labute approximate surface area is 106 Å². The van der Waals surface area contributed by atoms with Gasteiger partial charge in [-0.15, -0.1) is 0 Å². The molecule has 1 saturated heterocycles. The van der Waals surface area contributed by atoms with Gasteiger partial charge >= 0.3 is 6.18 Å². The number of hydrogen-bond acceptors (Lipinski definition) is 2. The van der Waals surface area contributed by atoms with Gasteiger partial charge in [-0.2, -0.15) is 13.2 Å². The third kappa shape index (κ3) is 4.48. The van der Waals surface area contributed by atoms with E-state index < -0.39 is 12.7 Å². The maximum Gasteiger partial charge on any atom is 0.401 e. The molecule has 1 amide bonds. The van der Waals surface area contributed by atoms with Crippen LogP contribution in [0.1, 0.15) is 26.7 Å². The lowest BCUT2D eigenvalue weighted by Crippen LogP contribution is -2.52. The molecule has 0 aliphatic carbocycles. The van der Waals surface area contributed by atoms with Crippen LogP contribution in [0, 0.1) is 5.92 Å². The maximum atomic E-state index is 12.2.